The van der Waals surface area contributed by atoms with Crippen LogP contribution in [0.3, 0.4) is 0 Å². The van der Waals surface area contributed by atoms with Gasteiger partial charge in [-0.05, 0) is 42.2 Å². The van der Waals surface area contributed by atoms with Crippen molar-refractivity contribution in [2.45, 2.75) is 18.9 Å². The van der Waals surface area contributed by atoms with E-state index in [9.17, 15) is 10.1 Å². The summed E-state index contributed by atoms with van der Waals surface area (Å²) in [6.07, 6.45) is 1.62. The number of nitrogens with zero attached hydrogens (tertiary/aromatic N) is 2. The quantitative estimate of drug-likeness (QED) is 0.655. The Labute approximate surface area is 163 Å². The van der Waals surface area contributed by atoms with Crippen LogP contribution in [0.5, 0.6) is 0 Å². The molecule has 28 heavy (non-hydrogen) atoms. The lowest BCUT2D eigenvalue weighted by atomic mass is 10.1. The van der Waals surface area contributed by atoms with E-state index >= 15 is 0 Å². The molecule has 1 aliphatic carbocycles. The van der Waals surface area contributed by atoms with E-state index in [2.05, 4.69) is 33.8 Å². The lowest BCUT2D eigenvalue weighted by molar-refractivity contribution is 0.0933. The zero-order valence-electron chi connectivity index (χ0n) is 15.1. The summed E-state index contributed by atoms with van der Waals surface area (Å²) in [4.78, 5) is 17.1. The van der Waals surface area contributed by atoms with Gasteiger partial charge in [-0.3, -0.25) is 4.79 Å². The molecular weight excluding hydrogens is 350 g/mol. The zero-order chi connectivity index (χ0) is 19.5. The maximum atomic E-state index is 12.7. The molecule has 0 aliphatic heterocycles. The third kappa shape index (κ3) is 3.64. The fraction of sp³-hybridized carbons (Fsp3) is 0.136. The van der Waals surface area contributed by atoms with Crippen molar-refractivity contribution in [3.63, 3.8) is 0 Å². The first kappa shape index (κ1) is 17.6. The van der Waals surface area contributed by atoms with Crippen molar-refractivity contribution >= 4 is 23.1 Å². The molecule has 6 heteroatoms. The number of nitrogens with one attached hydrogen (secondary N) is 2. The van der Waals surface area contributed by atoms with Crippen LogP contribution in [0, 0.1) is 11.3 Å². The number of amides is 1. The van der Waals surface area contributed by atoms with Crippen LogP contribution in [0.1, 0.15) is 27.2 Å². The maximum Gasteiger partial charge on any atom is 0.270 e. The molecule has 1 aliphatic rings. The van der Waals surface area contributed by atoms with Gasteiger partial charge >= 0.3 is 0 Å². The number of carbonyl (C=O) groups is 1. The highest BCUT2D eigenvalue weighted by atomic mass is 16.1. The number of fused-ring (bicyclic) bond motifs is 1. The van der Waals surface area contributed by atoms with E-state index in [4.69, 9.17) is 5.73 Å². The molecule has 6 nitrogen and oxygen atoms in total. The van der Waals surface area contributed by atoms with Gasteiger partial charge in [-0.1, -0.05) is 36.4 Å². The van der Waals surface area contributed by atoms with E-state index in [1.807, 2.05) is 18.2 Å². The molecule has 0 radical (unpaired) electrons. The van der Waals surface area contributed by atoms with Crippen LogP contribution >= 0.6 is 0 Å². The number of hydrogen-bond donors (Lipinski definition) is 3. The van der Waals surface area contributed by atoms with Crippen molar-refractivity contribution in [2.75, 3.05) is 11.1 Å². The Balaban J connectivity index is 1.51. The molecule has 4 N–H and O–H groups in total. The Morgan fingerprint density at radius 2 is 1.75 bits per heavy atom. The summed E-state index contributed by atoms with van der Waals surface area (Å²) in [7, 11) is 0. The Morgan fingerprint density at radius 1 is 1.07 bits per heavy atom. The number of aromatic nitrogens is 1. The smallest absolute Gasteiger partial charge is 0.270 e. The molecule has 0 fully saturated rings. The van der Waals surface area contributed by atoms with Gasteiger partial charge in [0.05, 0.1) is 11.3 Å². The number of benzene rings is 2. The second-order valence-electron chi connectivity index (χ2n) is 6.80. The number of para-hydroxylation sites is 1. The second kappa shape index (κ2) is 7.41. The van der Waals surface area contributed by atoms with Crippen molar-refractivity contribution in [1.82, 2.24) is 10.3 Å². The van der Waals surface area contributed by atoms with Crippen LogP contribution in [-0.2, 0) is 12.8 Å². The summed E-state index contributed by atoms with van der Waals surface area (Å²) in [5, 5.41) is 15.3. The molecule has 0 saturated heterocycles. The Morgan fingerprint density at radius 3 is 2.46 bits per heavy atom. The molecule has 0 atom stereocenters. The van der Waals surface area contributed by atoms with Gasteiger partial charge in [0.2, 0.25) is 0 Å². The average molecular weight is 369 g/mol. The number of hydrogen-bond acceptors (Lipinski definition) is 5. The van der Waals surface area contributed by atoms with E-state index in [0.717, 1.165) is 12.8 Å². The standard InChI is InChI=1S/C22H19N5O/c23-13-16-7-3-4-8-19(16)26-21-12-17(24)11-20(27-21)22(28)25-18-9-14-5-1-2-6-15(14)10-18/h1-8,11-12,18H,9-10H2,(H,25,28)(H3,24,26,27). The summed E-state index contributed by atoms with van der Waals surface area (Å²) in [5.41, 5.74) is 10.3. The van der Waals surface area contributed by atoms with Crippen LogP contribution in [0.15, 0.2) is 60.7 Å². The molecule has 1 amide bonds. The van der Waals surface area contributed by atoms with E-state index in [0.29, 0.717) is 22.8 Å². The number of anilines is 3. The van der Waals surface area contributed by atoms with Gasteiger partial charge in [-0.15, -0.1) is 0 Å². The Hall–Kier alpha value is -3.85. The molecule has 3 aromatic rings. The summed E-state index contributed by atoms with van der Waals surface area (Å²) in [6, 6.07) is 20.7. The number of rotatable bonds is 4. The van der Waals surface area contributed by atoms with Gasteiger partial charge in [0.25, 0.3) is 5.91 Å². The topological polar surface area (TPSA) is 104 Å². The van der Waals surface area contributed by atoms with Gasteiger partial charge in [0.15, 0.2) is 0 Å². The molecule has 0 saturated carbocycles. The average Bonchev–Trinajstić information content (AvgIpc) is 3.10. The van der Waals surface area contributed by atoms with Crippen LogP contribution < -0.4 is 16.4 Å². The summed E-state index contributed by atoms with van der Waals surface area (Å²) in [5.74, 6) is 0.157. The summed E-state index contributed by atoms with van der Waals surface area (Å²) in [6.45, 7) is 0. The van der Waals surface area contributed by atoms with E-state index in [-0.39, 0.29) is 17.6 Å². The van der Waals surface area contributed by atoms with Gasteiger partial charge in [0, 0.05) is 17.8 Å². The lowest BCUT2D eigenvalue weighted by Crippen LogP contribution is -2.35. The largest absolute Gasteiger partial charge is 0.399 e. The molecule has 138 valence electrons. The SMILES string of the molecule is N#Cc1ccccc1Nc1cc(N)cc(C(=O)NC2Cc3ccccc3C2)n1. The Bertz CT molecular complexity index is 1060. The van der Waals surface area contributed by atoms with Crippen LogP contribution in [0.2, 0.25) is 0 Å². The van der Waals surface area contributed by atoms with Crippen molar-refractivity contribution in [3.8, 4) is 6.07 Å². The highest BCUT2D eigenvalue weighted by Gasteiger charge is 2.23. The van der Waals surface area contributed by atoms with E-state index in [1.165, 1.54) is 11.1 Å². The predicted molar refractivity (Wildman–Crippen MR) is 108 cm³/mol. The zero-order valence-corrected chi connectivity index (χ0v) is 15.1. The number of pyridine rings is 1. The van der Waals surface area contributed by atoms with Crippen LogP contribution in [0.25, 0.3) is 0 Å². The Kier molecular flexibility index (Phi) is 4.65. The van der Waals surface area contributed by atoms with Gasteiger partial charge in [0.1, 0.15) is 17.6 Å². The monoisotopic (exact) mass is 369 g/mol. The third-order valence-electron chi connectivity index (χ3n) is 4.78. The molecule has 0 spiro atoms. The first-order valence-electron chi connectivity index (χ1n) is 9.04. The second-order valence-corrected chi connectivity index (χ2v) is 6.80. The molecule has 4 rings (SSSR count). The summed E-state index contributed by atoms with van der Waals surface area (Å²) < 4.78 is 0. The first-order valence-corrected chi connectivity index (χ1v) is 9.04. The predicted octanol–water partition coefficient (Wildman–Crippen LogP) is 3.18. The normalized spacial score (nSPS) is 12.8. The molecule has 2 aromatic carbocycles. The van der Waals surface area contributed by atoms with Crippen molar-refractivity contribution in [1.29, 1.82) is 5.26 Å². The minimum absolute atomic E-state index is 0.0452. The lowest BCUT2D eigenvalue weighted by Gasteiger charge is -2.13. The van der Waals surface area contributed by atoms with Crippen molar-refractivity contribution in [3.05, 3.63) is 83.0 Å². The molecule has 1 heterocycles. The number of nitrogen functional groups attached to an aromatic ring is 1. The van der Waals surface area contributed by atoms with E-state index < -0.39 is 0 Å². The molecule has 0 unspecified atom stereocenters. The van der Waals surface area contributed by atoms with Gasteiger partial charge < -0.3 is 16.4 Å². The maximum absolute atomic E-state index is 12.7. The highest BCUT2D eigenvalue weighted by Crippen LogP contribution is 2.23. The van der Waals surface area contributed by atoms with Crippen LogP contribution in [-0.4, -0.2) is 16.9 Å². The van der Waals surface area contributed by atoms with Crippen molar-refractivity contribution in [2.24, 2.45) is 0 Å². The third-order valence-corrected chi connectivity index (χ3v) is 4.78. The molecular formula is C22H19N5O. The number of nitrogens with two attached hydrogens (primary N) is 1. The van der Waals surface area contributed by atoms with Gasteiger partial charge in [-0.25, -0.2) is 4.98 Å². The molecule has 0 bridgehead atoms. The number of nitriles is 1. The minimum atomic E-state index is -0.262. The fourth-order valence-corrected chi connectivity index (χ4v) is 3.48. The van der Waals surface area contributed by atoms with E-state index in [1.54, 1.807) is 30.3 Å². The van der Waals surface area contributed by atoms with Crippen LogP contribution in [0.4, 0.5) is 17.2 Å². The first-order chi connectivity index (χ1) is 13.6. The fourth-order valence-electron chi connectivity index (χ4n) is 3.48. The number of carbonyl (C=O) groups excluding carboxylic acids is 1. The summed E-state index contributed by atoms with van der Waals surface area (Å²) >= 11 is 0. The highest BCUT2D eigenvalue weighted by molar-refractivity contribution is 5.94. The van der Waals surface area contributed by atoms with Gasteiger partial charge in [-0.2, -0.15) is 5.26 Å². The minimum Gasteiger partial charge on any atom is -0.399 e. The van der Waals surface area contributed by atoms with Crippen molar-refractivity contribution < 1.29 is 4.79 Å². The molecule has 1 aromatic heterocycles.